The number of rotatable bonds is 2. The van der Waals surface area contributed by atoms with Crippen LogP contribution in [-0.4, -0.2) is 19.0 Å². The lowest BCUT2D eigenvalue weighted by atomic mass is 10.2. The SMILES string of the molecule is CCN1c2ccc(OC)cc2SC1C. The maximum atomic E-state index is 5.21. The zero-order valence-corrected chi connectivity index (χ0v) is 9.60. The highest BCUT2D eigenvalue weighted by molar-refractivity contribution is 8.00. The van der Waals surface area contributed by atoms with Crippen LogP contribution in [0.4, 0.5) is 5.69 Å². The van der Waals surface area contributed by atoms with Crippen molar-refractivity contribution < 1.29 is 4.74 Å². The largest absolute Gasteiger partial charge is 0.497 e. The van der Waals surface area contributed by atoms with Gasteiger partial charge in [0.15, 0.2) is 0 Å². The molecule has 0 N–H and O–H groups in total. The molecule has 1 heterocycles. The Balaban J connectivity index is 2.37. The first-order chi connectivity index (χ1) is 6.76. The van der Waals surface area contributed by atoms with Crippen LogP contribution in [0.3, 0.4) is 0 Å². The summed E-state index contributed by atoms with van der Waals surface area (Å²) in [6, 6.07) is 6.29. The van der Waals surface area contributed by atoms with Gasteiger partial charge in [0.25, 0.3) is 0 Å². The second kappa shape index (κ2) is 3.73. The van der Waals surface area contributed by atoms with Gasteiger partial charge in [-0.25, -0.2) is 0 Å². The van der Waals surface area contributed by atoms with Gasteiger partial charge in [-0.1, -0.05) is 11.8 Å². The highest BCUT2D eigenvalue weighted by atomic mass is 32.2. The molecule has 0 bridgehead atoms. The highest BCUT2D eigenvalue weighted by Gasteiger charge is 2.25. The van der Waals surface area contributed by atoms with Gasteiger partial charge < -0.3 is 9.64 Å². The number of hydrogen-bond donors (Lipinski definition) is 0. The van der Waals surface area contributed by atoms with E-state index in [1.807, 2.05) is 17.8 Å². The number of fused-ring (bicyclic) bond motifs is 1. The van der Waals surface area contributed by atoms with Crippen LogP contribution < -0.4 is 9.64 Å². The summed E-state index contributed by atoms with van der Waals surface area (Å²) < 4.78 is 5.21. The van der Waals surface area contributed by atoms with E-state index in [4.69, 9.17) is 4.74 Å². The molecule has 0 aliphatic carbocycles. The number of nitrogens with zero attached hydrogens (tertiary/aromatic N) is 1. The predicted octanol–water partition coefficient (Wildman–Crippen LogP) is 2.97. The van der Waals surface area contributed by atoms with Gasteiger partial charge in [-0.2, -0.15) is 0 Å². The Labute approximate surface area is 89.2 Å². The summed E-state index contributed by atoms with van der Waals surface area (Å²) in [5.74, 6) is 0.946. The lowest BCUT2D eigenvalue weighted by Gasteiger charge is -2.21. The Kier molecular flexibility index (Phi) is 2.59. The standard InChI is InChI=1S/C11H15NOS/c1-4-12-8(2)14-11-7-9(13-3)5-6-10(11)12/h5-8H,4H2,1-3H3. The normalized spacial score (nSPS) is 19.6. The van der Waals surface area contributed by atoms with Crippen LogP contribution in [0.15, 0.2) is 23.1 Å². The van der Waals surface area contributed by atoms with Crippen LogP contribution in [0.25, 0.3) is 0 Å². The fourth-order valence-corrected chi connectivity index (χ4v) is 3.07. The van der Waals surface area contributed by atoms with Gasteiger partial charge in [0, 0.05) is 11.4 Å². The van der Waals surface area contributed by atoms with Gasteiger partial charge >= 0.3 is 0 Å². The maximum absolute atomic E-state index is 5.21. The van der Waals surface area contributed by atoms with Crippen LogP contribution in [0.2, 0.25) is 0 Å². The van der Waals surface area contributed by atoms with Crippen LogP contribution in [0.5, 0.6) is 5.75 Å². The molecule has 1 aliphatic heterocycles. The number of anilines is 1. The van der Waals surface area contributed by atoms with Crippen molar-refractivity contribution in [1.29, 1.82) is 0 Å². The topological polar surface area (TPSA) is 12.5 Å². The summed E-state index contributed by atoms with van der Waals surface area (Å²) in [6.45, 7) is 5.49. The maximum Gasteiger partial charge on any atom is 0.120 e. The van der Waals surface area contributed by atoms with Crippen molar-refractivity contribution >= 4 is 17.4 Å². The summed E-state index contributed by atoms with van der Waals surface area (Å²) in [7, 11) is 1.71. The number of thioether (sulfide) groups is 1. The van der Waals surface area contributed by atoms with E-state index in [1.165, 1.54) is 10.6 Å². The van der Waals surface area contributed by atoms with E-state index in [1.54, 1.807) is 7.11 Å². The van der Waals surface area contributed by atoms with Crippen LogP contribution >= 0.6 is 11.8 Å². The molecule has 1 unspecified atom stereocenters. The second-order valence-electron chi connectivity index (χ2n) is 3.34. The van der Waals surface area contributed by atoms with Crippen molar-refractivity contribution in [2.75, 3.05) is 18.6 Å². The van der Waals surface area contributed by atoms with E-state index in [0.29, 0.717) is 5.37 Å². The first-order valence-corrected chi connectivity index (χ1v) is 5.75. The van der Waals surface area contributed by atoms with E-state index < -0.39 is 0 Å². The van der Waals surface area contributed by atoms with E-state index in [2.05, 4.69) is 30.9 Å². The monoisotopic (exact) mass is 209 g/mol. The quantitative estimate of drug-likeness (QED) is 0.743. The van der Waals surface area contributed by atoms with Gasteiger partial charge in [0.05, 0.1) is 18.2 Å². The second-order valence-corrected chi connectivity index (χ2v) is 4.69. The van der Waals surface area contributed by atoms with Crippen molar-refractivity contribution in [2.45, 2.75) is 24.1 Å². The molecule has 1 aliphatic rings. The van der Waals surface area contributed by atoms with Crippen LogP contribution in [-0.2, 0) is 0 Å². The van der Waals surface area contributed by atoms with Crippen molar-refractivity contribution in [3.8, 4) is 5.75 Å². The molecular formula is C11H15NOS. The molecule has 3 heteroatoms. The molecule has 2 rings (SSSR count). The number of benzene rings is 1. The molecule has 1 aromatic rings. The molecule has 1 aromatic carbocycles. The average molecular weight is 209 g/mol. The molecule has 0 saturated carbocycles. The first kappa shape index (κ1) is 9.71. The molecule has 0 amide bonds. The van der Waals surface area contributed by atoms with Gasteiger partial charge in [-0.15, -0.1) is 0 Å². The van der Waals surface area contributed by atoms with Crippen LogP contribution in [0.1, 0.15) is 13.8 Å². The Morgan fingerprint density at radius 1 is 1.50 bits per heavy atom. The minimum absolute atomic E-state index is 0.544. The fraction of sp³-hybridized carbons (Fsp3) is 0.455. The summed E-state index contributed by atoms with van der Waals surface area (Å²) in [5.41, 5.74) is 1.34. The lowest BCUT2D eigenvalue weighted by Crippen LogP contribution is -2.25. The van der Waals surface area contributed by atoms with E-state index in [9.17, 15) is 0 Å². The summed E-state index contributed by atoms with van der Waals surface area (Å²) >= 11 is 1.90. The predicted molar refractivity (Wildman–Crippen MR) is 61.3 cm³/mol. The Morgan fingerprint density at radius 2 is 2.29 bits per heavy atom. The third kappa shape index (κ3) is 1.46. The Morgan fingerprint density at radius 3 is 2.93 bits per heavy atom. The van der Waals surface area contributed by atoms with E-state index in [-0.39, 0.29) is 0 Å². The van der Waals surface area contributed by atoms with Crippen molar-refractivity contribution in [1.82, 2.24) is 0 Å². The molecule has 1 atom stereocenters. The molecule has 0 fully saturated rings. The molecule has 0 aromatic heterocycles. The zero-order chi connectivity index (χ0) is 10.1. The van der Waals surface area contributed by atoms with Gasteiger partial charge in [0.2, 0.25) is 0 Å². The van der Waals surface area contributed by atoms with Crippen molar-refractivity contribution in [3.05, 3.63) is 18.2 Å². The number of hydrogen-bond acceptors (Lipinski definition) is 3. The minimum Gasteiger partial charge on any atom is -0.497 e. The van der Waals surface area contributed by atoms with E-state index in [0.717, 1.165) is 12.3 Å². The fourth-order valence-electron chi connectivity index (χ4n) is 1.82. The summed E-state index contributed by atoms with van der Waals surface area (Å²) in [4.78, 5) is 3.73. The van der Waals surface area contributed by atoms with Crippen LogP contribution in [0, 0.1) is 0 Å². The number of ether oxygens (including phenoxy) is 1. The smallest absolute Gasteiger partial charge is 0.120 e. The summed E-state index contributed by atoms with van der Waals surface area (Å²) in [6.07, 6.45) is 0. The van der Waals surface area contributed by atoms with E-state index >= 15 is 0 Å². The third-order valence-corrected chi connectivity index (χ3v) is 3.73. The molecular weight excluding hydrogens is 194 g/mol. The molecule has 14 heavy (non-hydrogen) atoms. The van der Waals surface area contributed by atoms with Crippen molar-refractivity contribution in [2.24, 2.45) is 0 Å². The molecule has 2 nitrogen and oxygen atoms in total. The Hall–Kier alpha value is -0.830. The molecule has 0 radical (unpaired) electrons. The van der Waals surface area contributed by atoms with Gasteiger partial charge in [-0.3, -0.25) is 0 Å². The third-order valence-electron chi connectivity index (χ3n) is 2.55. The highest BCUT2D eigenvalue weighted by Crippen LogP contribution is 2.44. The lowest BCUT2D eigenvalue weighted by molar-refractivity contribution is 0.414. The van der Waals surface area contributed by atoms with Gasteiger partial charge in [0.1, 0.15) is 5.75 Å². The average Bonchev–Trinajstić information content (AvgIpc) is 2.51. The first-order valence-electron chi connectivity index (χ1n) is 4.87. The zero-order valence-electron chi connectivity index (χ0n) is 8.78. The molecule has 0 saturated heterocycles. The number of methoxy groups -OCH3 is 1. The Bertz CT molecular complexity index is 340. The molecule has 76 valence electrons. The minimum atomic E-state index is 0.544. The van der Waals surface area contributed by atoms with Gasteiger partial charge in [-0.05, 0) is 32.0 Å². The molecule has 0 spiro atoms. The van der Waals surface area contributed by atoms with Crippen molar-refractivity contribution in [3.63, 3.8) is 0 Å². The summed E-state index contributed by atoms with van der Waals surface area (Å²) in [5, 5.41) is 0.544.